The van der Waals surface area contributed by atoms with Crippen molar-refractivity contribution in [1.29, 1.82) is 0 Å². The molecule has 1 aromatic rings. The lowest BCUT2D eigenvalue weighted by molar-refractivity contribution is -0.150. The van der Waals surface area contributed by atoms with E-state index in [1.807, 2.05) is 13.8 Å². The molecule has 1 fully saturated rings. The summed E-state index contributed by atoms with van der Waals surface area (Å²) in [5, 5.41) is 12.0. The standard InChI is InChI=1S/C17H27N5O4/c1-3-10(2)14(16(24)22-6-4-5-13(22)17(25)26)21-15(23)12(18)7-11-8-19-9-20-11/h8-10,12-14H,3-7,18H2,1-2H3,(H,19,20)(H,21,23)(H,25,26)/t10-,12-,13+,14-/m0/s1. The zero-order valence-electron chi connectivity index (χ0n) is 15.1. The fourth-order valence-electron chi connectivity index (χ4n) is 3.14. The molecule has 0 bridgehead atoms. The highest BCUT2D eigenvalue weighted by Gasteiger charge is 2.39. The summed E-state index contributed by atoms with van der Waals surface area (Å²) in [5.41, 5.74) is 6.68. The van der Waals surface area contributed by atoms with Crippen LogP contribution in [0.15, 0.2) is 12.5 Å². The average Bonchev–Trinajstić information content (AvgIpc) is 3.29. The topological polar surface area (TPSA) is 141 Å². The van der Waals surface area contributed by atoms with Crippen LogP contribution in [0.2, 0.25) is 0 Å². The Kier molecular flexibility index (Phi) is 6.73. The van der Waals surface area contributed by atoms with E-state index in [0.29, 0.717) is 25.8 Å². The van der Waals surface area contributed by atoms with Crippen LogP contribution in [0.3, 0.4) is 0 Å². The number of rotatable bonds is 8. The number of hydrogen-bond acceptors (Lipinski definition) is 5. The van der Waals surface area contributed by atoms with Crippen molar-refractivity contribution in [3.05, 3.63) is 18.2 Å². The first kappa shape index (κ1) is 19.9. The second kappa shape index (κ2) is 8.79. The summed E-state index contributed by atoms with van der Waals surface area (Å²) >= 11 is 0. The van der Waals surface area contributed by atoms with Gasteiger partial charge in [-0.05, 0) is 18.8 Å². The maximum absolute atomic E-state index is 12.9. The Morgan fingerprint density at radius 2 is 2.23 bits per heavy atom. The lowest BCUT2D eigenvalue weighted by Crippen LogP contribution is -2.57. The Bertz CT molecular complexity index is 633. The number of carboxylic acid groups (broad SMARTS) is 1. The van der Waals surface area contributed by atoms with Gasteiger partial charge in [-0.3, -0.25) is 9.59 Å². The van der Waals surface area contributed by atoms with E-state index in [1.54, 1.807) is 6.20 Å². The number of nitrogens with two attached hydrogens (primary N) is 1. The largest absolute Gasteiger partial charge is 0.480 e. The van der Waals surface area contributed by atoms with E-state index in [-0.39, 0.29) is 18.2 Å². The van der Waals surface area contributed by atoms with Gasteiger partial charge in [-0.25, -0.2) is 9.78 Å². The van der Waals surface area contributed by atoms with Gasteiger partial charge in [0.1, 0.15) is 12.1 Å². The molecule has 0 aliphatic carbocycles. The van der Waals surface area contributed by atoms with Crippen molar-refractivity contribution in [3.8, 4) is 0 Å². The second-order valence-corrected chi connectivity index (χ2v) is 6.79. The Morgan fingerprint density at radius 3 is 2.81 bits per heavy atom. The number of carbonyl (C=O) groups excluding carboxylic acids is 2. The fraction of sp³-hybridized carbons (Fsp3) is 0.647. The zero-order valence-corrected chi connectivity index (χ0v) is 15.1. The van der Waals surface area contributed by atoms with Crippen LogP contribution < -0.4 is 11.1 Å². The lowest BCUT2D eigenvalue weighted by atomic mass is 9.96. The monoisotopic (exact) mass is 365 g/mol. The minimum atomic E-state index is -1.01. The van der Waals surface area contributed by atoms with Gasteiger partial charge in [0.05, 0.1) is 12.4 Å². The van der Waals surface area contributed by atoms with Gasteiger partial charge in [0.2, 0.25) is 11.8 Å². The highest BCUT2D eigenvalue weighted by atomic mass is 16.4. The molecule has 5 N–H and O–H groups in total. The van der Waals surface area contributed by atoms with Crippen molar-refractivity contribution in [2.75, 3.05) is 6.54 Å². The maximum atomic E-state index is 12.9. The van der Waals surface area contributed by atoms with Gasteiger partial charge in [0.15, 0.2) is 0 Å². The number of amides is 2. The summed E-state index contributed by atoms with van der Waals surface area (Å²) < 4.78 is 0. The third-order valence-electron chi connectivity index (χ3n) is 4.93. The van der Waals surface area contributed by atoms with Crippen LogP contribution in [-0.4, -0.2) is 62.4 Å². The first-order valence-corrected chi connectivity index (χ1v) is 8.91. The number of hydrogen-bond donors (Lipinski definition) is 4. The van der Waals surface area contributed by atoms with Crippen LogP contribution in [0.1, 0.15) is 38.8 Å². The Hall–Kier alpha value is -2.42. The first-order valence-electron chi connectivity index (χ1n) is 8.91. The molecule has 1 aliphatic rings. The van der Waals surface area contributed by atoms with E-state index in [4.69, 9.17) is 5.73 Å². The van der Waals surface area contributed by atoms with Gasteiger partial charge in [0.25, 0.3) is 0 Å². The Morgan fingerprint density at radius 1 is 1.50 bits per heavy atom. The molecule has 1 aliphatic heterocycles. The first-order chi connectivity index (χ1) is 12.3. The second-order valence-electron chi connectivity index (χ2n) is 6.79. The van der Waals surface area contributed by atoms with Crippen molar-refractivity contribution in [2.24, 2.45) is 11.7 Å². The fourth-order valence-corrected chi connectivity index (χ4v) is 3.14. The predicted octanol–water partition coefficient (Wildman–Crippen LogP) is -0.114. The average molecular weight is 365 g/mol. The summed E-state index contributed by atoms with van der Waals surface area (Å²) in [4.78, 5) is 44.9. The van der Waals surface area contributed by atoms with Gasteiger partial charge in [-0.1, -0.05) is 20.3 Å². The highest BCUT2D eigenvalue weighted by Crippen LogP contribution is 2.21. The molecule has 4 atom stereocenters. The smallest absolute Gasteiger partial charge is 0.326 e. The number of H-pyrrole nitrogens is 1. The molecule has 0 unspecified atom stereocenters. The van der Waals surface area contributed by atoms with E-state index < -0.39 is 30.0 Å². The molecule has 2 heterocycles. The maximum Gasteiger partial charge on any atom is 0.326 e. The summed E-state index contributed by atoms with van der Waals surface area (Å²) in [6, 6.07) is -2.45. The van der Waals surface area contributed by atoms with E-state index in [9.17, 15) is 19.5 Å². The van der Waals surface area contributed by atoms with Gasteiger partial charge >= 0.3 is 5.97 Å². The molecule has 144 valence electrons. The van der Waals surface area contributed by atoms with Gasteiger partial charge < -0.3 is 26.0 Å². The van der Waals surface area contributed by atoms with E-state index >= 15 is 0 Å². The molecule has 2 rings (SSSR count). The molecule has 0 saturated carbocycles. The number of carbonyl (C=O) groups is 3. The number of nitrogens with zero attached hydrogens (tertiary/aromatic N) is 2. The number of aliphatic carboxylic acids is 1. The molecule has 1 saturated heterocycles. The molecule has 26 heavy (non-hydrogen) atoms. The minimum Gasteiger partial charge on any atom is -0.480 e. The number of aromatic amines is 1. The zero-order chi connectivity index (χ0) is 19.3. The molecule has 9 nitrogen and oxygen atoms in total. The number of likely N-dealkylation sites (tertiary alicyclic amines) is 1. The van der Waals surface area contributed by atoms with Crippen LogP contribution >= 0.6 is 0 Å². The normalized spacial score (nSPS) is 20.4. The van der Waals surface area contributed by atoms with Gasteiger partial charge in [-0.2, -0.15) is 0 Å². The van der Waals surface area contributed by atoms with Crippen molar-refractivity contribution < 1.29 is 19.5 Å². The van der Waals surface area contributed by atoms with Crippen LogP contribution in [0, 0.1) is 5.92 Å². The molecule has 1 aromatic heterocycles. The predicted molar refractivity (Wildman–Crippen MR) is 94.0 cm³/mol. The van der Waals surface area contributed by atoms with E-state index in [2.05, 4.69) is 15.3 Å². The molecular weight excluding hydrogens is 338 g/mol. The highest BCUT2D eigenvalue weighted by molar-refractivity contribution is 5.92. The summed E-state index contributed by atoms with van der Waals surface area (Å²) in [5.74, 6) is -1.95. The van der Waals surface area contributed by atoms with E-state index in [0.717, 1.165) is 5.69 Å². The molecule has 0 aromatic carbocycles. The SMILES string of the molecule is CC[C@H](C)[C@H](NC(=O)[C@@H](N)Cc1cnc[nH]1)C(=O)N1CCC[C@@H]1C(=O)O. The van der Waals surface area contributed by atoms with Crippen molar-refractivity contribution in [3.63, 3.8) is 0 Å². The van der Waals surface area contributed by atoms with Crippen molar-refractivity contribution >= 4 is 17.8 Å². The molecular formula is C17H27N5O4. The molecule has 0 spiro atoms. The molecule has 2 amide bonds. The van der Waals surface area contributed by atoms with Crippen LogP contribution in [0.5, 0.6) is 0 Å². The van der Waals surface area contributed by atoms with E-state index in [1.165, 1.54) is 11.2 Å². The quantitative estimate of drug-likeness (QED) is 0.506. The number of imidazole rings is 1. The third-order valence-corrected chi connectivity index (χ3v) is 4.93. The summed E-state index contributed by atoms with van der Waals surface area (Å²) in [6.07, 6.45) is 5.11. The van der Waals surface area contributed by atoms with Crippen LogP contribution in [0.25, 0.3) is 0 Å². The number of carboxylic acids is 1. The Labute approximate surface area is 152 Å². The summed E-state index contributed by atoms with van der Waals surface area (Å²) in [7, 11) is 0. The number of aromatic nitrogens is 2. The van der Waals surface area contributed by atoms with Crippen LogP contribution in [0.4, 0.5) is 0 Å². The number of nitrogens with one attached hydrogen (secondary N) is 2. The third kappa shape index (κ3) is 4.60. The Balaban J connectivity index is 2.07. The van der Waals surface area contributed by atoms with Crippen molar-refractivity contribution in [1.82, 2.24) is 20.2 Å². The lowest BCUT2D eigenvalue weighted by Gasteiger charge is -2.31. The molecule has 9 heteroatoms. The summed E-state index contributed by atoms with van der Waals surface area (Å²) in [6.45, 7) is 4.16. The van der Waals surface area contributed by atoms with Gasteiger partial charge in [0, 0.05) is 24.9 Å². The van der Waals surface area contributed by atoms with Gasteiger partial charge in [-0.15, -0.1) is 0 Å². The molecule has 0 radical (unpaired) electrons. The van der Waals surface area contributed by atoms with Crippen LogP contribution in [-0.2, 0) is 20.8 Å². The minimum absolute atomic E-state index is 0.138. The van der Waals surface area contributed by atoms with Crippen molar-refractivity contribution in [2.45, 2.75) is 57.7 Å².